The van der Waals surface area contributed by atoms with E-state index >= 15 is 0 Å². The summed E-state index contributed by atoms with van der Waals surface area (Å²) in [6, 6.07) is 0. The van der Waals surface area contributed by atoms with Crippen molar-refractivity contribution in [3.05, 3.63) is 24.5 Å². The van der Waals surface area contributed by atoms with Crippen LogP contribution < -0.4 is 0 Å². The quantitative estimate of drug-likeness (QED) is 0.430. The molecule has 1 unspecified atom stereocenters. The van der Waals surface area contributed by atoms with E-state index < -0.39 is 17.4 Å². The Morgan fingerprint density at radius 3 is 2.81 bits per heavy atom. The highest BCUT2D eigenvalue weighted by molar-refractivity contribution is 6.02. The number of cyclic esters (lactones) is 1. The molecule has 5 nitrogen and oxygen atoms in total. The van der Waals surface area contributed by atoms with Gasteiger partial charge in [-0.3, -0.25) is 9.59 Å². The van der Waals surface area contributed by atoms with Crippen LogP contribution in [0.1, 0.15) is 12.8 Å². The Balaban J connectivity index is 2.93. The van der Waals surface area contributed by atoms with Crippen LogP contribution in [0.4, 0.5) is 0 Å². The van der Waals surface area contributed by atoms with Crippen molar-refractivity contribution < 1.29 is 24.2 Å². The summed E-state index contributed by atoms with van der Waals surface area (Å²) in [5, 5.41) is 8.60. The highest BCUT2D eigenvalue weighted by Gasteiger charge is 2.53. The Morgan fingerprint density at radius 1 is 1.69 bits per heavy atom. The van der Waals surface area contributed by atoms with Gasteiger partial charge in [-0.2, -0.15) is 0 Å². The van der Waals surface area contributed by atoms with Crippen LogP contribution in [0.2, 0.25) is 0 Å². The maximum Gasteiger partial charge on any atom is 0.329 e. The van der Waals surface area contributed by atoms with E-state index in [1.165, 1.54) is 13.2 Å². The molecule has 1 fully saturated rings. The van der Waals surface area contributed by atoms with E-state index in [0.717, 1.165) is 0 Å². The highest BCUT2D eigenvalue weighted by Crippen LogP contribution is 2.40. The lowest BCUT2D eigenvalue weighted by Crippen LogP contribution is -2.36. The Morgan fingerprint density at radius 2 is 2.38 bits per heavy atom. The molecule has 0 spiro atoms. The molecule has 1 saturated heterocycles. The van der Waals surface area contributed by atoms with E-state index in [4.69, 9.17) is 9.84 Å². The third kappa shape index (κ3) is 2.14. The number of methoxy groups -OCH3 is 1. The second-order valence-electron chi connectivity index (χ2n) is 3.54. The summed E-state index contributed by atoms with van der Waals surface area (Å²) in [4.78, 5) is 23.2. The van der Waals surface area contributed by atoms with E-state index in [1.54, 1.807) is 6.08 Å². The van der Waals surface area contributed by atoms with E-state index in [9.17, 15) is 9.59 Å². The van der Waals surface area contributed by atoms with Gasteiger partial charge >= 0.3 is 11.9 Å². The van der Waals surface area contributed by atoms with Gasteiger partial charge in [-0.15, -0.1) is 0 Å². The van der Waals surface area contributed by atoms with Crippen LogP contribution in [0.15, 0.2) is 24.5 Å². The summed E-state index contributed by atoms with van der Waals surface area (Å²) in [6.07, 6.45) is 3.27. The third-order valence-corrected chi connectivity index (χ3v) is 2.44. The summed E-state index contributed by atoms with van der Waals surface area (Å²) < 4.78 is 9.41. The number of rotatable bonds is 4. The molecule has 1 aliphatic heterocycles. The summed E-state index contributed by atoms with van der Waals surface area (Å²) in [7, 11) is 1.22. The smallest absolute Gasteiger partial charge is 0.329 e. The standard InChI is InChI=1S/C11H14O5/c1-8-7-11(9(13)15-2,10(14)16-8)5-3-4-6-12/h3-4,12H,1,5-7H2,2H3/b4-3+. The Labute approximate surface area is 93.3 Å². The molecule has 0 aromatic rings. The number of esters is 2. The molecule has 0 amide bonds. The van der Waals surface area contributed by atoms with Gasteiger partial charge in [0.2, 0.25) is 0 Å². The SMILES string of the molecule is C=C1CC(C/C=C/CO)(C(=O)OC)C(=O)O1. The molecule has 5 heteroatoms. The first-order valence-electron chi connectivity index (χ1n) is 4.81. The Hall–Kier alpha value is -1.62. The molecule has 1 atom stereocenters. The van der Waals surface area contributed by atoms with E-state index in [0.29, 0.717) is 0 Å². The zero-order valence-electron chi connectivity index (χ0n) is 9.06. The van der Waals surface area contributed by atoms with Gasteiger partial charge in [0.15, 0.2) is 5.41 Å². The van der Waals surface area contributed by atoms with Gasteiger partial charge in [-0.25, -0.2) is 0 Å². The first-order chi connectivity index (χ1) is 7.56. The maximum atomic E-state index is 11.6. The average molecular weight is 226 g/mol. The average Bonchev–Trinajstić information content (AvgIpc) is 2.54. The van der Waals surface area contributed by atoms with Crippen LogP contribution >= 0.6 is 0 Å². The molecule has 0 aliphatic carbocycles. The van der Waals surface area contributed by atoms with Crippen molar-refractivity contribution in [1.29, 1.82) is 0 Å². The van der Waals surface area contributed by atoms with E-state index in [2.05, 4.69) is 11.3 Å². The number of hydrogen-bond acceptors (Lipinski definition) is 5. The van der Waals surface area contributed by atoms with Crippen molar-refractivity contribution in [2.45, 2.75) is 12.8 Å². The van der Waals surface area contributed by atoms with Crippen molar-refractivity contribution in [3.63, 3.8) is 0 Å². The lowest BCUT2D eigenvalue weighted by molar-refractivity contribution is -0.162. The molecule has 0 bridgehead atoms. The van der Waals surface area contributed by atoms with Gasteiger partial charge in [0.05, 0.1) is 13.7 Å². The Bertz CT molecular complexity index is 344. The topological polar surface area (TPSA) is 72.8 Å². The summed E-state index contributed by atoms with van der Waals surface area (Å²) >= 11 is 0. The summed E-state index contributed by atoms with van der Waals surface area (Å²) in [6.45, 7) is 3.37. The van der Waals surface area contributed by atoms with Crippen molar-refractivity contribution >= 4 is 11.9 Å². The van der Waals surface area contributed by atoms with Gasteiger partial charge in [-0.1, -0.05) is 18.7 Å². The minimum Gasteiger partial charge on any atom is -0.468 e. The number of hydrogen-bond donors (Lipinski definition) is 1. The first kappa shape index (κ1) is 12.4. The normalized spacial score (nSPS) is 24.9. The molecule has 88 valence electrons. The summed E-state index contributed by atoms with van der Waals surface area (Å²) in [5.74, 6) is -1.03. The molecule has 16 heavy (non-hydrogen) atoms. The van der Waals surface area contributed by atoms with Crippen molar-refractivity contribution in [2.75, 3.05) is 13.7 Å². The van der Waals surface area contributed by atoms with Gasteiger partial charge in [0, 0.05) is 6.42 Å². The lowest BCUT2D eigenvalue weighted by atomic mass is 9.82. The maximum absolute atomic E-state index is 11.6. The lowest BCUT2D eigenvalue weighted by Gasteiger charge is -2.18. The number of ether oxygens (including phenoxy) is 2. The first-order valence-corrected chi connectivity index (χ1v) is 4.81. The molecule has 0 radical (unpaired) electrons. The number of aliphatic hydroxyl groups excluding tert-OH is 1. The van der Waals surface area contributed by atoms with Gasteiger partial charge in [-0.05, 0) is 6.42 Å². The Kier molecular flexibility index (Phi) is 3.84. The molecule has 0 aromatic carbocycles. The molecule has 1 aliphatic rings. The van der Waals surface area contributed by atoms with Crippen molar-refractivity contribution in [1.82, 2.24) is 0 Å². The van der Waals surface area contributed by atoms with Gasteiger partial charge < -0.3 is 14.6 Å². The number of allylic oxidation sites excluding steroid dienone is 2. The minimum atomic E-state index is -1.34. The van der Waals surface area contributed by atoms with Gasteiger partial charge in [0.25, 0.3) is 0 Å². The number of carbonyl (C=O) groups is 2. The second-order valence-corrected chi connectivity index (χ2v) is 3.54. The largest absolute Gasteiger partial charge is 0.468 e. The van der Waals surface area contributed by atoms with Crippen molar-refractivity contribution in [3.8, 4) is 0 Å². The number of carbonyl (C=O) groups excluding carboxylic acids is 2. The van der Waals surface area contributed by atoms with Crippen LogP contribution in [0.25, 0.3) is 0 Å². The van der Waals surface area contributed by atoms with Crippen LogP contribution in [0.5, 0.6) is 0 Å². The zero-order chi connectivity index (χ0) is 12.2. The molecule has 0 saturated carbocycles. The van der Waals surface area contributed by atoms with E-state index in [-0.39, 0.29) is 25.2 Å². The van der Waals surface area contributed by atoms with Crippen LogP contribution in [0.3, 0.4) is 0 Å². The van der Waals surface area contributed by atoms with Gasteiger partial charge in [0.1, 0.15) is 5.76 Å². The molecular formula is C11H14O5. The molecular weight excluding hydrogens is 212 g/mol. The van der Waals surface area contributed by atoms with Crippen LogP contribution in [-0.2, 0) is 19.1 Å². The predicted molar refractivity (Wildman–Crippen MR) is 55.1 cm³/mol. The van der Waals surface area contributed by atoms with Crippen LogP contribution in [0, 0.1) is 5.41 Å². The fourth-order valence-corrected chi connectivity index (χ4v) is 1.62. The molecule has 0 aromatic heterocycles. The summed E-state index contributed by atoms with van der Waals surface area (Å²) in [5.41, 5.74) is -1.34. The fraction of sp³-hybridized carbons (Fsp3) is 0.455. The molecule has 1 N–H and O–H groups in total. The molecule has 1 rings (SSSR count). The molecule has 1 heterocycles. The zero-order valence-corrected chi connectivity index (χ0v) is 9.06. The minimum absolute atomic E-state index is 0.119. The fourth-order valence-electron chi connectivity index (χ4n) is 1.62. The highest BCUT2D eigenvalue weighted by atomic mass is 16.6. The second kappa shape index (κ2) is 4.94. The monoisotopic (exact) mass is 226 g/mol. The van der Waals surface area contributed by atoms with Crippen LogP contribution in [-0.4, -0.2) is 30.8 Å². The number of aliphatic hydroxyl groups is 1. The third-order valence-electron chi connectivity index (χ3n) is 2.44. The predicted octanol–water partition coefficient (Wildman–Crippen LogP) is 0.545. The van der Waals surface area contributed by atoms with Crippen molar-refractivity contribution in [2.24, 2.45) is 5.41 Å². The van der Waals surface area contributed by atoms with E-state index in [1.807, 2.05) is 0 Å².